The molecule has 1 aliphatic heterocycles. The molecule has 0 spiro atoms. The van der Waals surface area contributed by atoms with E-state index < -0.39 is 53.8 Å². The molecule has 1 aromatic carbocycles. The smallest absolute Gasteiger partial charge is 0.404 e. The molecule has 1 saturated heterocycles. The summed E-state index contributed by atoms with van der Waals surface area (Å²) in [7, 11) is 0. The van der Waals surface area contributed by atoms with Crippen molar-refractivity contribution in [2.24, 2.45) is 5.92 Å². The van der Waals surface area contributed by atoms with Crippen LogP contribution < -0.4 is 5.32 Å². The van der Waals surface area contributed by atoms with Gasteiger partial charge in [-0.3, -0.25) is 0 Å². The van der Waals surface area contributed by atoms with Crippen molar-refractivity contribution in [1.82, 2.24) is 5.32 Å². The lowest BCUT2D eigenvalue weighted by Crippen LogP contribution is -2.42. The molecular formula is C16H19F2NO5. The van der Waals surface area contributed by atoms with Crippen molar-refractivity contribution < 1.29 is 33.3 Å². The molecule has 1 heterocycles. The maximum atomic E-state index is 13.4. The molecule has 0 aromatic heterocycles. The van der Waals surface area contributed by atoms with E-state index in [4.69, 9.17) is 14.6 Å². The van der Waals surface area contributed by atoms with Crippen LogP contribution in [0.5, 0.6) is 0 Å². The Morgan fingerprint density at radius 1 is 1.29 bits per heavy atom. The number of hydrogen-bond donors (Lipinski definition) is 3. The van der Waals surface area contributed by atoms with Crippen LogP contribution in [0.15, 0.2) is 18.2 Å². The Balaban J connectivity index is 1.86. The van der Waals surface area contributed by atoms with Crippen LogP contribution >= 0.6 is 0 Å². The maximum absolute atomic E-state index is 13.4. The van der Waals surface area contributed by atoms with Gasteiger partial charge in [-0.1, -0.05) is 6.07 Å². The van der Waals surface area contributed by atoms with Crippen LogP contribution in [0.1, 0.15) is 31.9 Å². The van der Waals surface area contributed by atoms with Gasteiger partial charge in [0.2, 0.25) is 0 Å². The monoisotopic (exact) mass is 343 g/mol. The highest BCUT2D eigenvalue weighted by Crippen LogP contribution is 2.46. The summed E-state index contributed by atoms with van der Waals surface area (Å²) >= 11 is 0. The van der Waals surface area contributed by atoms with E-state index in [0.29, 0.717) is 0 Å². The quantitative estimate of drug-likeness (QED) is 0.783. The molecule has 3 rings (SSSR count). The minimum Gasteiger partial charge on any atom is -0.465 e. The Bertz CT molecular complexity index is 653. The summed E-state index contributed by atoms with van der Waals surface area (Å²) in [5.41, 5.74) is 0.210. The molecule has 2 fully saturated rings. The average Bonchev–Trinajstić information content (AvgIpc) is 2.95. The van der Waals surface area contributed by atoms with Crippen LogP contribution in [0, 0.1) is 17.6 Å². The van der Waals surface area contributed by atoms with Crippen LogP contribution in [-0.2, 0) is 9.47 Å². The normalized spacial score (nSPS) is 32.4. The summed E-state index contributed by atoms with van der Waals surface area (Å²) in [4.78, 5) is 11.0. The first-order valence-electron chi connectivity index (χ1n) is 7.66. The molecule has 24 heavy (non-hydrogen) atoms. The second-order valence-electron chi connectivity index (χ2n) is 6.64. The van der Waals surface area contributed by atoms with Gasteiger partial charge in [-0.05, 0) is 38.0 Å². The number of fused-ring (bicyclic) bond motifs is 1. The first kappa shape index (κ1) is 17.1. The van der Waals surface area contributed by atoms with Gasteiger partial charge in [0.05, 0.1) is 18.2 Å². The number of ether oxygens (including phenoxy) is 2. The van der Waals surface area contributed by atoms with Crippen LogP contribution in [0.25, 0.3) is 0 Å². The predicted octanol–water partition coefficient (Wildman–Crippen LogP) is 2.17. The zero-order valence-electron chi connectivity index (χ0n) is 13.2. The molecule has 5 atom stereocenters. The fourth-order valence-corrected chi connectivity index (χ4v) is 3.57. The standard InChI is InChI=1S/C16H19F2NO5/c1-16(2)23-13-8(6-11(14(13)24-16)19-15(21)22)12(20)7-3-4-9(17)10(18)5-7/h3-5,8,11-14,19-20H,6H2,1-2H3,(H,21,22)/t8-,11-,12?,13-,14+/m1/s1. The van der Waals surface area contributed by atoms with Gasteiger partial charge in [0, 0.05) is 5.92 Å². The van der Waals surface area contributed by atoms with E-state index >= 15 is 0 Å². The Kier molecular flexibility index (Phi) is 4.23. The zero-order valence-corrected chi connectivity index (χ0v) is 13.2. The van der Waals surface area contributed by atoms with Crippen LogP contribution in [0.2, 0.25) is 0 Å². The molecule has 0 radical (unpaired) electrons. The lowest BCUT2D eigenvalue weighted by molar-refractivity contribution is -0.163. The van der Waals surface area contributed by atoms with Crippen molar-refractivity contribution in [3.8, 4) is 0 Å². The van der Waals surface area contributed by atoms with E-state index in [9.17, 15) is 18.7 Å². The highest BCUT2D eigenvalue weighted by molar-refractivity contribution is 5.65. The zero-order chi connectivity index (χ0) is 17.6. The molecule has 132 valence electrons. The van der Waals surface area contributed by atoms with Gasteiger partial charge in [-0.15, -0.1) is 0 Å². The van der Waals surface area contributed by atoms with Gasteiger partial charge in [-0.25, -0.2) is 13.6 Å². The second-order valence-corrected chi connectivity index (χ2v) is 6.64. The SMILES string of the molecule is CC1(C)O[C@@H]2[C@H](O1)[C@@H](C(O)c1ccc(F)c(F)c1)C[C@H]2NC(=O)O. The predicted molar refractivity (Wildman–Crippen MR) is 78.2 cm³/mol. The fourth-order valence-electron chi connectivity index (χ4n) is 3.57. The Morgan fingerprint density at radius 2 is 1.96 bits per heavy atom. The lowest BCUT2D eigenvalue weighted by atomic mass is 9.92. The Labute approximate surface area is 137 Å². The molecule has 3 N–H and O–H groups in total. The van der Waals surface area contributed by atoms with Crippen molar-refractivity contribution in [1.29, 1.82) is 0 Å². The Hall–Kier alpha value is -1.77. The first-order chi connectivity index (χ1) is 11.2. The van der Waals surface area contributed by atoms with E-state index in [-0.39, 0.29) is 12.0 Å². The van der Waals surface area contributed by atoms with Gasteiger partial charge < -0.3 is 25.0 Å². The summed E-state index contributed by atoms with van der Waals surface area (Å²) < 4.78 is 38.1. The average molecular weight is 343 g/mol. The largest absolute Gasteiger partial charge is 0.465 e. The number of rotatable bonds is 3. The van der Waals surface area contributed by atoms with Crippen molar-refractivity contribution in [3.05, 3.63) is 35.4 Å². The van der Waals surface area contributed by atoms with Gasteiger partial charge in [0.15, 0.2) is 17.4 Å². The van der Waals surface area contributed by atoms with Crippen LogP contribution in [0.3, 0.4) is 0 Å². The lowest BCUT2D eigenvalue weighted by Gasteiger charge is -2.26. The van der Waals surface area contributed by atoms with Crippen LogP contribution in [-0.4, -0.2) is 40.3 Å². The topological polar surface area (TPSA) is 88.0 Å². The number of halogens is 2. The molecule has 1 aromatic rings. The number of aliphatic hydroxyl groups excluding tert-OH is 1. The highest BCUT2D eigenvalue weighted by atomic mass is 19.2. The number of nitrogens with one attached hydrogen (secondary N) is 1. The molecule has 1 aliphatic carbocycles. The molecule has 1 unspecified atom stereocenters. The van der Waals surface area contributed by atoms with E-state index in [2.05, 4.69) is 5.32 Å². The van der Waals surface area contributed by atoms with E-state index in [0.717, 1.165) is 12.1 Å². The van der Waals surface area contributed by atoms with Gasteiger partial charge >= 0.3 is 6.09 Å². The first-order valence-corrected chi connectivity index (χ1v) is 7.66. The number of carboxylic acid groups (broad SMARTS) is 1. The van der Waals surface area contributed by atoms with Crippen molar-refractivity contribution in [3.63, 3.8) is 0 Å². The van der Waals surface area contributed by atoms with E-state index in [1.165, 1.54) is 6.07 Å². The third kappa shape index (κ3) is 3.09. The van der Waals surface area contributed by atoms with E-state index in [1.54, 1.807) is 13.8 Å². The summed E-state index contributed by atoms with van der Waals surface area (Å²) in [5.74, 6) is -3.48. The molecule has 0 bridgehead atoms. The molecule has 6 nitrogen and oxygen atoms in total. The van der Waals surface area contributed by atoms with Crippen molar-refractivity contribution in [2.75, 3.05) is 0 Å². The number of hydrogen-bond acceptors (Lipinski definition) is 4. The summed E-state index contributed by atoms with van der Waals surface area (Å²) in [6.45, 7) is 3.40. The number of amides is 1. The molecule has 2 aliphatic rings. The molecule has 1 amide bonds. The number of benzene rings is 1. The molecule has 1 saturated carbocycles. The third-order valence-electron chi connectivity index (χ3n) is 4.51. The summed E-state index contributed by atoms with van der Waals surface area (Å²) in [5, 5.41) is 22.0. The minimum absolute atomic E-state index is 0.210. The highest BCUT2D eigenvalue weighted by Gasteiger charge is 2.56. The second kappa shape index (κ2) is 5.94. The van der Waals surface area contributed by atoms with Crippen LogP contribution in [0.4, 0.5) is 13.6 Å². The van der Waals surface area contributed by atoms with Gasteiger partial charge in [0.1, 0.15) is 6.10 Å². The van der Waals surface area contributed by atoms with Crippen molar-refractivity contribution >= 4 is 6.09 Å². The minimum atomic E-state index is -1.20. The summed E-state index contributed by atoms with van der Waals surface area (Å²) in [6, 6.07) is 2.63. The summed E-state index contributed by atoms with van der Waals surface area (Å²) in [6.07, 6.45) is -3.18. The maximum Gasteiger partial charge on any atom is 0.404 e. The Morgan fingerprint density at radius 3 is 2.58 bits per heavy atom. The van der Waals surface area contributed by atoms with Gasteiger partial charge in [0.25, 0.3) is 0 Å². The number of carbonyl (C=O) groups is 1. The molecular weight excluding hydrogens is 324 g/mol. The van der Waals surface area contributed by atoms with Gasteiger partial charge in [-0.2, -0.15) is 0 Å². The molecule has 8 heteroatoms. The van der Waals surface area contributed by atoms with Crippen molar-refractivity contribution in [2.45, 2.75) is 50.4 Å². The third-order valence-corrected chi connectivity index (χ3v) is 4.51. The van der Waals surface area contributed by atoms with E-state index in [1.807, 2.05) is 0 Å². The number of aliphatic hydroxyl groups is 1. The fraction of sp³-hybridized carbons (Fsp3) is 0.562.